The van der Waals surface area contributed by atoms with Crippen LogP contribution in [0.25, 0.3) is 0 Å². The zero-order valence-corrected chi connectivity index (χ0v) is 7.19. The summed E-state index contributed by atoms with van der Waals surface area (Å²) < 4.78 is 0. The van der Waals surface area contributed by atoms with Gasteiger partial charge in [0.2, 0.25) is 5.91 Å². The predicted octanol–water partition coefficient (Wildman–Crippen LogP) is 0.530. The zero-order valence-electron chi connectivity index (χ0n) is 6.37. The van der Waals surface area contributed by atoms with Crippen molar-refractivity contribution in [3.63, 3.8) is 0 Å². The topological polar surface area (TPSA) is 60.2 Å². The van der Waals surface area contributed by atoms with Crippen LogP contribution in [0, 0.1) is 5.92 Å². The Bertz CT molecular complexity index is 189. The maximum atomic E-state index is 10.8. The molecule has 0 saturated heterocycles. The minimum atomic E-state index is -0.354. The first-order valence-electron chi connectivity index (χ1n) is 3.58. The molecule has 1 rings (SSSR count). The summed E-state index contributed by atoms with van der Waals surface area (Å²) in [6, 6.07) is 0. The highest BCUT2D eigenvalue weighted by molar-refractivity contribution is 8.14. The molecule has 0 heterocycles. The average molecular weight is 173 g/mol. The van der Waals surface area contributed by atoms with Gasteiger partial charge in [-0.25, -0.2) is 0 Å². The Balaban J connectivity index is 2.45. The molecular formula is C7H11NO2S. The number of amides is 1. The second kappa shape index (κ2) is 3.26. The van der Waals surface area contributed by atoms with Crippen molar-refractivity contribution < 1.29 is 9.59 Å². The van der Waals surface area contributed by atoms with Crippen LogP contribution in [-0.2, 0) is 9.59 Å². The van der Waals surface area contributed by atoms with Gasteiger partial charge in [0.25, 0.3) is 0 Å². The lowest BCUT2D eigenvalue weighted by molar-refractivity contribution is -0.118. The fourth-order valence-electron chi connectivity index (χ4n) is 0.964. The Morgan fingerprint density at radius 3 is 2.36 bits per heavy atom. The largest absolute Gasteiger partial charge is 0.369 e. The average Bonchev–Trinajstić information content (AvgIpc) is 2.63. The Morgan fingerprint density at radius 1 is 1.55 bits per heavy atom. The van der Waals surface area contributed by atoms with Crippen molar-refractivity contribution in [3.8, 4) is 0 Å². The standard InChI is InChI=1S/C7H11NO2S/c1-4(9)11-6(7(8)10)5-2-3-5/h5-6H,2-3H2,1H3,(H2,8,10)/t6-/m0/s1. The molecule has 0 aliphatic heterocycles. The van der Waals surface area contributed by atoms with Crippen molar-refractivity contribution in [1.82, 2.24) is 0 Å². The van der Waals surface area contributed by atoms with Crippen molar-refractivity contribution in [1.29, 1.82) is 0 Å². The Kier molecular flexibility index (Phi) is 2.54. The van der Waals surface area contributed by atoms with Gasteiger partial charge in [0.1, 0.15) is 0 Å². The first kappa shape index (κ1) is 8.59. The monoisotopic (exact) mass is 173 g/mol. The van der Waals surface area contributed by atoms with E-state index in [0.717, 1.165) is 24.6 Å². The summed E-state index contributed by atoms with van der Waals surface area (Å²) in [5.74, 6) is 0.00843. The predicted molar refractivity (Wildman–Crippen MR) is 44.0 cm³/mol. The molecule has 0 aromatic heterocycles. The number of thioether (sulfide) groups is 1. The van der Waals surface area contributed by atoms with E-state index in [9.17, 15) is 9.59 Å². The van der Waals surface area contributed by atoms with Crippen molar-refractivity contribution in [2.75, 3.05) is 0 Å². The number of hydrogen-bond donors (Lipinski definition) is 1. The summed E-state index contributed by atoms with van der Waals surface area (Å²) in [4.78, 5) is 21.4. The molecule has 1 amide bonds. The van der Waals surface area contributed by atoms with Crippen LogP contribution < -0.4 is 5.73 Å². The number of carbonyl (C=O) groups excluding carboxylic acids is 2. The van der Waals surface area contributed by atoms with Crippen molar-refractivity contribution >= 4 is 22.8 Å². The third-order valence-electron chi connectivity index (χ3n) is 1.62. The summed E-state index contributed by atoms with van der Waals surface area (Å²) in [7, 11) is 0. The van der Waals surface area contributed by atoms with E-state index in [1.165, 1.54) is 6.92 Å². The van der Waals surface area contributed by atoms with Crippen molar-refractivity contribution in [3.05, 3.63) is 0 Å². The molecule has 0 aromatic rings. The van der Waals surface area contributed by atoms with E-state index in [1.807, 2.05) is 0 Å². The van der Waals surface area contributed by atoms with E-state index in [-0.39, 0.29) is 16.3 Å². The highest BCUT2D eigenvalue weighted by atomic mass is 32.2. The van der Waals surface area contributed by atoms with Gasteiger partial charge >= 0.3 is 0 Å². The van der Waals surface area contributed by atoms with Crippen LogP contribution in [0.1, 0.15) is 19.8 Å². The third kappa shape index (κ3) is 2.54. The van der Waals surface area contributed by atoms with Gasteiger partial charge in [-0.05, 0) is 18.8 Å². The van der Waals surface area contributed by atoms with Gasteiger partial charge < -0.3 is 5.73 Å². The highest BCUT2D eigenvalue weighted by Crippen LogP contribution is 2.38. The molecule has 1 saturated carbocycles. The molecule has 0 radical (unpaired) electrons. The first-order valence-corrected chi connectivity index (χ1v) is 4.45. The molecule has 11 heavy (non-hydrogen) atoms. The van der Waals surface area contributed by atoms with Crippen LogP contribution in [0.3, 0.4) is 0 Å². The molecule has 4 heteroatoms. The van der Waals surface area contributed by atoms with Gasteiger partial charge in [-0.1, -0.05) is 11.8 Å². The summed E-state index contributed by atoms with van der Waals surface area (Å²) in [6.45, 7) is 1.46. The van der Waals surface area contributed by atoms with Crippen LogP contribution in [-0.4, -0.2) is 16.3 Å². The van der Waals surface area contributed by atoms with Crippen molar-refractivity contribution in [2.24, 2.45) is 11.7 Å². The normalized spacial score (nSPS) is 19.4. The fraction of sp³-hybridized carbons (Fsp3) is 0.714. The first-order chi connectivity index (χ1) is 5.11. The van der Waals surface area contributed by atoms with Gasteiger partial charge in [0, 0.05) is 6.92 Å². The Morgan fingerprint density at radius 2 is 2.09 bits per heavy atom. The van der Waals surface area contributed by atoms with Gasteiger partial charge in [0.15, 0.2) is 5.12 Å². The smallest absolute Gasteiger partial charge is 0.231 e. The van der Waals surface area contributed by atoms with Gasteiger partial charge in [-0.2, -0.15) is 0 Å². The van der Waals surface area contributed by atoms with Gasteiger partial charge in [-0.3, -0.25) is 9.59 Å². The van der Waals surface area contributed by atoms with Crippen LogP contribution in [0.15, 0.2) is 0 Å². The third-order valence-corrected chi connectivity index (χ3v) is 2.83. The SMILES string of the molecule is CC(=O)S[C@H](C(N)=O)C1CC1. The van der Waals surface area contributed by atoms with E-state index in [4.69, 9.17) is 5.73 Å². The molecule has 62 valence electrons. The second-order valence-corrected chi connectivity index (χ2v) is 4.09. The van der Waals surface area contributed by atoms with E-state index >= 15 is 0 Å². The number of primary amides is 1. The minimum absolute atomic E-state index is 0.0271. The lowest BCUT2D eigenvalue weighted by atomic mass is 10.3. The minimum Gasteiger partial charge on any atom is -0.369 e. The van der Waals surface area contributed by atoms with Crippen LogP contribution in [0.2, 0.25) is 0 Å². The molecule has 3 nitrogen and oxygen atoms in total. The molecule has 0 aromatic carbocycles. The van der Waals surface area contributed by atoms with Crippen LogP contribution >= 0.6 is 11.8 Å². The zero-order chi connectivity index (χ0) is 8.43. The quantitative estimate of drug-likeness (QED) is 0.677. The lowest BCUT2D eigenvalue weighted by Gasteiger charge is -2.07. The highest BCUT2D eigenvalue weighted by Gasteiger charge is 2.36. The van der Waals surface area contributed by atoms with Crippen LogP contribution in [0.5, 0.6) is 0 Å². The van der Waals surface area contributed by atoms with E-state index in [1.54, 1.807) is 0 Å². The van der Waals surface area contributed by atoms with E-state index < -0.39 is 0 Å². The number of rotatable bonds is 3. The molecular weight excluding hydrogens is 162 g/mol. The summed E-state index contributed by atoms with van der Waals surface area (Å²) in [5, 5.41) is -0.298. The molecule has 0 bridgehead atoms. The maximum Gasteiger partial charge on any atom is 0.231 e. The number of nitrogens with two attached hydrogens (primary N) is 1. The molecule has 1 aliphatic rings. The van der Waals surface area contributed by atoms with Gasteiger partial charge in [-0.15, -0.1) is 0 Å². The second-order valence-electron chi connectivity index (χ2n) is 2.77. The van der Waals surface area contributed by atoms with Crippen molar-refractivity contribution in [2.45, 2.75) is 25.0 Å². The molecule has 1 fully saturated rings. The summed E-state index contributed by atoms with van der Waals surface area (Å²) in [5.41, 5.74) is 5.11. The molecule has 1 atom stereocenters. The number of hydrogen-bond acceptors (Lipinski definition) is 3. The summed E-state index contributed by atoms with van der Waals surface area (Å²) >= 11 is 1.06. The fourth-order valence-corrected chi connectivity index (χ4v) is 1.90. The Labute approximate surface area is 69.7 Å². The molecule has 1 aliphatic carbocycles. The summed E-state index contributed by atoms with van der Waals surface area (Å²) in [6.07, 6.45) is 2.07. The molecule has 0 spiro atoms. The van der Waals surface area contributed by atoms with Gasteiger partial charge in [0.05, 0.1) is 5.25 Å². The molecule has 2 N–H and O–H groups in total. The maximum absolute atomic E-state index is 10.8. The Hall–Kier alpha value is -0.510. The van der Waals surface area contributed by atoms with Crippen LogP contribution in [0.4, 0.5) is 0 Å². The molecule has 0 unspecified atom stereocenters. The number of carbonyl (C=O) groups is 2. The lowest BCUT2D eigenvalue weighted by Crippen LogP contribution is -2.28. The van der Waals surface area contributed by atoms with E-state index in [0.29, 0.717) is 5.92 Å². The van der Waals surface area contributed by atoms with E-state index in [2.05, 4.69) is 0 Å².